The lowest BCUT2D eigenvalue weighted by Gasteiger charge is -2.09. The highest BCUT2D eigenvalue weighted by Gasteiger charge is 2.38. The van der Waals surface area contributed by atoms with Gasteiger partial charge in [-0.2, -0.15) is 26.3 Å². The smallest absolute Gasteiger partial charge is 0.475 e. The molecule has 40 heavy (non-hydrogen) atoms. The summed E-state index contributed by atoms with van der Waals surface area (Å²) < 4.78 is 90.5. The minimum absolute atomic E-state index is 0.133. The van der Waals surface area contributed by atoms with Gasteiger partial charge in [-0.15, -0.1) is 23.1 Å². The molecule has 0 unspecified atom stereocenters. The molecule has 0 aliphatic rings. The molecule has 2 heterocycles. The molecule has 0 amide bonds. The number of carboxylic acid groups (broad SMARTS) is 2. The number of aliphatic carboxylic acids is 2. The molecule has 0 spiro atoms. The number of halogens is 6. The summed E-state index contributed by atoms with van der Waals surface area (Å²) in [6.45, 7) is 1.96. The number of hydrogen-bond acceptors (Lipinski definition) is 8. The third kappa shape index (κ3) is 9.53. The lowest BCUT2D eigenvalue weighted by Crippen LogP contribution is -2.21. The van der Waals surface area contributed by atoms with Crippen molar-refractivity contribution in [3.05, 3.63) is 59.2 Å². The number of thioether (sulfide) groups is 1. The molecule has 18 heteroatoms. The molecule has 0 bridgehead atoms. The monoisotopic (exact) mass is 631 g/mol. The minimum atomic E-state index is -5.08. The van der Waals surface area contributed by atoms with Gasteiger partial charge in [-0.3, -0.25) is 10.4 Å². The molecule has 0 saturated heterocycles. The summed E-state index contributed by atoms with van der Waals surface area (Å²) in [5, 5.41) is 21.8. The largest absolute Gasteiger partial charge is 0.490 e. The zero-order valence-corrected chi connectivity index (χ0v) is 22.6. The highest BCUT2D eigenvalue weighted by atomic mass is 32.2. The van der Waals surface area contributed by atoms with E-state index in [4.69, 9.17) is 30.9 Å². The molecular formula is C22H19F6N3O6S3. The van der Waals surface area contributed by atoms with Crippen LogP contribution in [0.2, 0.25) is 0 Å². The number of carbonyl (C=O) groups is 2. The average molecular weight is 632 g/mol. The van der Waals surface area contributed by atoms with Crippen molar-refractivity contribution >= 4 is 50.7 Å². The minimum Gasteiger partial charge on any atom is -0.475 e. The summed E-state index contributed by atoms with van der Waals surface area (Å²) >= 11 is 2.55. The number of nitrogen functional groups attached to an aromatic ring is 1. The highest BCUT2D eigenvalue weighted by molar-refractivity contribution is 8.01. The van der Waals surface area contributed by atoms with Crippen LogP contribution in [0, 0.1) is 12.3 Å². The Balaban J connectivity index is 0.000000473. The summed E-state index contributed by atoms with van der Waals surface area (Å²) in [7, 11) is -3.72. The molecule has 5 N–H and O–H groups in total. The molecule has 0 aliphatic carbocycles. The Bertz CT molecular complexity index is 1460. The fourth-order valence-electron chi connectivity index (χ4n) is 2.54. The third-order valence-corrected chi connectivity index (χ3v) is 8.72. The predicted molar refractivity (Wildman–Crippen MR) is 134 cm³/mol. The van der Waals surface area contributed by atoms with Gasteiger partial charge >= 0.3 is 24.3 Å². The van der Waals surface area contributed by atoms with Crippen LogP contribution < -0.4 is 5.73 Å². The van der Waals surface area contributed by atoms with E-state index in [0.717, 1.165) is 16.7 Å². The van der Waals surface area contributed by atoms with E-state index in [1.54, 1.807) is 30.6 Å². The quantitative estimate of drug-likeness (QED) is 0.127. The Labute approximate surface area is 231 Å². The van der Waals surface area contributed by atoms with Crippen LogP contribution in [0.25, 0.3) is 11.1 Å². The molecule has 0 aliphatic heterocycles. The van der Waals surface area contributed by atoms with Crippen LogP contribution in [0.15, 0.2) is 62.8 Å². The van der Waals surface area contributed by atoms with Gasteiger partial charge in [-0.1, -0.05) is 12.1 Å². The maximum atomic E-state index is 13.2. The third-order valence-electron chi connectivity index (χ3n) is 4.39. The Kier molecular flexibility index (Phi) is 11.7. The number of aryl methyl sites for hydroxylation is 1. The second-order valence-electron chi connectivity index (χ2n) is 7.21. The molecule has 218 valence electrons. The van der Waals surface area contributed by atoms with Gasteiger partial charge in [0.25, 0.3) is 0 Å². The zero-order valence-electron chi connectivity index (χ0n) is 20.2. The maximum Gasteiger partial charge on any atom is 0.490 e. The summed E-state index contributed by atoms with van der Waals surface area (Å²) in [6, 6.07) is 10.2. The van der Waals surface area contributed by atoms with Crippen molar-refractivity contribution in [2.75, 3.05) is 6.26 Å². The van der Waals surface area contributed by atoms with E-state index in [0.29, 0.717) is 9.09 Å². The number of sulfone groups is 1. The van der Waals surface area contributed by atoms with Gasteiger partial charge in [0, 0.05) is 18.0 Å². The first-order valence-electron chi connectivity index (χ1n) is 10.1. The molecule has 2 aromatic heterocycles. The van der Waals surface area contributed by atoms with Crippen molar-refractivity contribution in [3.63, 3.8) is 0 Å². The Morgan fingerprint density at radius 2 is 1.55 bits per heavy atom. The standard InChI is InChI=1S/C18H17N3O2S3.2C2HF3O2/c1-11-6-7-21-10-14(11)12-4-3-5-13(8-12)26(22,23)16-9-15(17(19)20)25-18(16)24-2;2*3-2(4,5)1(6)7/h3-10H,1-2H3,(H3,19,20);2*(H,6,7). The van der Waals surface area contributed by atoms with Crippen molar-refractivity contribution in [3.8, 4) is 11.1 Å². The second kappa shape index (κ2) is 13.6. The number of pyridine rings is 1. The normalized spacial score (nSPS) is 11.4. The first-order chi connectivity index (χ1) is 18.2. The Hall–Kier alpha value is -3.64. The maximum absolute atomic E-state index is 13.2. The van der Waals surface area contributed by atoms with E-state index in [9.17, 15) is 34.8 Å². The molecule has 0 fully saturated rings. The Morgan fingerprint density at radius 3 is 1.98 bits per heavy atom. The number of carboxylic acids is 2. The van der Waals surface area contributed by atoms with E-state index < -0.39 is 34.1 Å². The van der Waals surface area contributed by atoms with Gasteiger partial charge in [-0.25, -0.2) is 18.0 Å². The number of nitrogens with two attached hydrogens (primary N) is 1. The predicted octanol–water partition coefficient (Wildman–Crippen LogP) is 5.22. The lowest BCUT2D eigenvalue weighted by molar-refractivity contribution is -0.193. The van der Waals surface area contributed by atoms with Gasteiger partial charge in [0.05, 0.1) is 18.9 Å². The fourth-order valence-corrected chi connectivity index (χ4v) is 6.45. The van der Waals surface area contributed by atoms with E-state index in [1.165, 1.54) is 29.2 Å². The average Bonchev–Trinajstić information content (AvgIpc) is 3.30. The second-order valence-corrected chi connectivity index (χ2v) is 11.3. The number of benzene rings is 1. The molecular weight excluding hydrogens is 612 g/mol. The number of nitrogens with zero attached hydrogens (tertiary/aromatic N) is 1. The zero-order chi connectivity index (χ0) is 31.1. The van der Waals surface area contributed by atoms with E-state index in [1.807, 2.05) is 25.3 Å². The van der Waals surface area contributed by atoms with Crippen LogP contribution >= 0.6 is 23.1 Å². The topological polar surface area (TPSA) is 171 Å². The van der Waals surface area contributed by atoms with Crippen molar-refractivity contribution in [2.45, 2.75) is 33.3 Å². The van der Waals surface area contributed by atoms with Crippen LogP contribution in [0.4, 0.5) is 26.3 Å². The SMILES string of the molecule is CSc1sc(C(=N)N)cc1S(=O)(=O)c1cccc(-c2cnccc2C)c1.O=C(O)C(F)(F)F.O=C(O)C(F)(F)F. The van der Waals surface area contributed by atoms with Crippen molar-refractivity contribution in [1.82, 2.24) is 4.98 Å². The molecule has 9 nitrogen and oxygen atoms in total. The number of alkyl halides is 6. The first kappa shape index (κ1) is 34.4. The molecule has 3 rings (SSSR count). The number of rotatable bonds is 5. The van der Waals surface area contributed by atoms with Crippen molar-refractivity contribution in [2.24, 2.45) is 5.73 Å². The molecule has 3 aromatic rings. The fraction of sp³-hybridized carbons (Fsp3) is 0.182. The number of aromatic nitrogens is 1. The summed E-state index contributed by atoms with van der Waals surface area (Å²) in [6.07, 6.45) is -4.92. The van der Waals surface area contributed by atoms with Crippen LogP contribution in [0.3, 0.4) is 0 Å². The summed E-state index contributed by atoms with van der Waals surface area (Å²) in [4.78, 5) is 22.8. The summed E-state index contributed by atoms with van der Waals surface area (Å²) in [5.41, 5.74) is 8.24. The van der Waals surface area contributed by atoms with E-state index in [-0.39, 0.29) is 15.6 Å². The van der Waals surface area contributed by atoms with Crippen LogP contribution in [0.1, 0.15) is 10.4 Å². The van der Waals surface area contributed by atoms with Gasteiger partial charge in [0.15, 0.2) is 0 Å². The van der Waals surface area contributed by atoms with Gasteiger partial charge in [0.2, 0.25) is 9.84 Å². The van der Waals surface area contributed by atoms with Crippen LogP contribution in [-0.2, 0) is 19.4 Å². The van der Waals surface area contributed by atoms with Gasteiger partial charge < -0.3 is 15.9 Å². The van der Waals surface area contributed by atoms with Crippen LogP contribution in [0.5, 0.6) is 0 Å². The number of thiophene rings is 1. The van der Waals surface area contributed by atoms with Crippen molar-refractivity contribution < 1.29 is 54.6 Å². The molecule has 0 saturated carbocycles. The van der Waals surface area contributed by atoms with Crippen molar-refractivity contribution in [1.29, 1.82) is 5.41 Å². The molecule has 0 radical (unpaired) electrons. The Morgan fingerprint density at radius 1 is 1.02 bits per heavy atom. The number of amidine groups is 1. The van der Waals surface area contributed by atoms with Gasteiger partial charge in [0.1, 0.15) is 5.84 Å². The highest BCUT2D eigenvalue weighted by Crippen LogP contribution is 2.37. The lowest BCUT2D eigenvalue weighted by atomic mass is 10.0. The van der Waals surface area contributed by atoms with Crippen LogP contribution in [-0.4, -0.2) is 60.0 Å². The van der Waals surface area contributed by atoms with E-state index in [2.05, 4.69) is 4.98 Å². The van der Waals surface area contributed by atoms with Gasteiger partial charge in [-0.05, 0) is 48.6 Å². The molecule has 0 atom stereocenters. The summed E-state index contributed by atoms with van der Waals surface area (Å²) in [5.74, 6) is -5.65. The number of hydrogen-bond donors (Lipinski definition) is 4. The molecule has 1 aromatic carbocycles. The van der Waals surface area contributed by atoms with E-state index >= 15 is 0 Å². The first-order valence-corrected chi connectivity index (χ1v) is 13.6. The number of nitrogens with one attached hydrogen (secondary N) is 1.